The Labute approximate surface area is 105 Å². The van der Waals surface area contributed by atoms with Crippen LogP contribution < -0.4 is 0 Å². The van der Waals surface area contributed by atoms with Gasteiger partial charge in [0.25, 0.3) is 0 Å². The quantitative estimate of drug-likeness (QED) is 0.544. The number of hydrogen-bond donors (Lipinski definition) is 0. The Hall–Kier alpha value is -1.79. The topological polar surface area (TPSA) is 12.4 Å². The fraction of sp³-hybridized carbons (Fsp3) is 0.250. The van der Waals surface area contributed by atoms with Gasteiger partial charge < -0.3 is 0 Å². The molecule has 1 aromatic carbocycles. The van der Waals surface area contributed by atoms with Crippen LogP contribution in [-0.2, 0) is 0 Å². The van der Waals surface area contributed by atoms with Crippen molar-refractivity contribution in [3.63, 3.8) is 0 Å². The lowest BCUT2D eigenvalue weighted by Gasteiger charge is -2.14. The van der Waals surface area contributed by atoms with Gasteiger partial charge in [-0.05, 0) is 25.1 Å². The predicted octanol–water partition coefficient (Wildman–Crippen LogP) is 4.83. The van der Waals surface area contributed by atoms with E-state index < -0.39 is 17.9 Å². The van der Waals surface area contributed by atoms with Crippen LogP contribution in [0, 0.1) is 0 Å². The molecule has 1 nitrogen and oxygen atoms in total. The Morgan fingerprint density at radius 3 is 1.84 bits per heavy atom. The lowest BCUT2D eigenvalue weighted by Crippen LogP contribution is -2.26. The zero-order valence-corrected chi connectivity index (χ0v) is 9.68. The molecule has 7 heteroatoms. The fourth-order valence-electron chi connectivity index (χ4n) is 1.27. The molecule has 19 heavy (non-hydrogen) atoms. The second kappa shape index (κ2) is 5.46. The zero-order chi connectivity index (χ0) is 14.7. The fourth-order valence-corrected chi connectivity index (χ4v) is 1.27. The van der Waals surface area contributed by atoms with E-state index in [1.54, 1.807) is 18.2 Å². The van der Waals surface area contributed by atoms with E-state index in [-0.39, 0.29) is 17.5 Å². The molecule has 0 saturated heterocycles. The summed E-state index contributed by atoms with van der Waals surface area (Å²) in [5.41, 5.74) is -2.67. The summed E-state index contributed by atoms with van der Waals surface area (Å²) >= 11 is 0. The molecule has 0 aromatic heterocycles. The molecule has 0 aliphatic heterocycles. The Morgan fingerprint density at radius 2 is 1.42 bits per heavy atom. The highest BCUT2D eigenvalue weighted by molar-refractivity contribution is 5.95. The molecule has 0 N–H and O–H groups in total. The smallest absolute Gasteiger partial charge is 0.254 e. The SMILES string of the molecule is CC(C=C(C(F)(F)F)C(F)(F)F)=Nc1ccccc1. The van der Waals surface area contributed by atoms with Crippen molar-refractivity contribution in [1.29, 1.82) is 0 Å². The van der Waals surface area contributed by atoms with Crippen LogP contribution in [0.5, 0.6) is 0 Å². The second-order valence-electron chi connectivity index (χ2n) is 3.64. The van der Waals surface area contributed by atoms with Crippen LogP contribution in [0.25, 0.3) is 0 Å². The Balaban J connectivity index is 3.14. The van der Waals surface area contributed by atoms with E-state index in [2.05, 4.69) is 4.99 Å². The lowest BCUT2D eigenvalue weighted by atomic mass is 10.2. The Morgan fingerprint density at radius 1 is 0.947 bits per heavy atom. The molecule has 0 unspecified atom stereocenters. The van der Waals surface area contributed by atoms with Crippen LogP contribution in [0.1, 0.15) is 6.92 Å². The van der Waals surface area contributed by atoms with Gasteiger partial charge in [0.15, 0.2) is 0 Å². The van der Waals surface area contributed by atoms with Gasteiger partial charge in [-0.3, -0.25) is 4.99 Å². The van der Waals surface area contributed by atoms with Crippen LogP contribution in [0.2, 0.25) is 0 Å². The predicted molar refractivity (Wildman–Crippen MR) is 59.4 cm³/mol. The average Bonchev–Trinajstić information content (AvgIpc) is 2.24. The highest BCUT2D eigenvalue weighted by Gasteiger charge is 2.50. The largest absolute Gasteiger partial charge is 0.421 e. The monoisotopic (exact) mass is 281 g/mol. The number of halogens is 6. The van der Waals surface area contributed by atoms with Crippen LogP contribution in [0.3, 0.4) is 0 Å². The minimum Gasteiger partial charge on any atom is -0.254 e. The highest BCUT2D eigenvalue weighted by Crippen LogP contribution is 2.38. The van der Waals surface area contributed by atoms with Gasteiger partial charge in [-0.15, -0.1) is 0 Å². The van der Waals surface area contributed by atoms with Crippen LogP contribution >= 0.6 is 0 Å². The number of benzene rings is 1. The van der Waals surface area contributed by atoms with Gasteiger partial charge in [0, 0.05) is 5.71 Å². The minimum atomic E-state index is -5.47. The normalized spacial score (nSPS) is 13.3. The third kappa shape index (κ3) is 4.76. The zero-order valence-electron chi connectivity index (χ0n) is 9.68. The van der Waals surface area contributed by atoms with Gasteiger partial charge in [0.1, 0.15) is 5.57 Å². The van der Waals surface area contributed by atoms with Gasteiger partial charge in [-0.2, -0.15) is 26.3 Å². The first-order valence-corrected chi connectivity index (χ1v) is 5.07. The van der Waals surface area contributed by atoms with Crippen molar-refractivity contribution < 1.29 is 26.3 Å². The summed E-state index contributed by atoms with van der Waals surface area (Å²) in [5, 5.41) is 0. The summed E-state index contributed by atoms with van der Waals surface area (Å²) in [6, 6.07) is 7.74. The minimum absolute atomic E-state index is 0.00694. The molecule has 0 aliphatic carbocycles. The van der Waals surface area contributed by atoms with Crippen molar-refractivity contribution >= 4 is 11.4 Å². The maximum atomic E-state index is 12.3. The molecule has 0 saturated carbocycles. The summed E-state index contributed by atoms with van der Waals surface area (Å²) in [4.78, 5) is 3.67. The first-order valence-electron chi connectivity index (χ1n) is 5.07. The Bertz CT molecular complexity index is 465. The molecule has 0 radical (unpaired) electrons. The van der Waals surface area contributed by atoms with E-state index in [4.69, 9.17) is 0 Å². The van der Waals surface area contributed by atoms with Gasteiger partial charge in [-0.25, -0.2) is 0 Å². The van der Waals surface area contributed by atoms with Crippen molar-refractivity contribution in [3.05, 3.63) is 42.0 Å². The highest BCUT2D eigenvalue weighted by atomic mass is 19.4. The molecule has 0 heterocycles. The first kappa shape index (κ1) is 15.3. The summed E-state index contributed by atoms with van der Waals surface area (Å²) in [5.74, 6) is 0. The van der Waals surface area contributed by atoms with Crippen molar-refractivity contribution in [2.24, 2.45) is 4.99 Å². The molecule has 0 atom stereocenters. The van der Waals surface area contributed by atoms with Crippen molar-refractivity contribution in [1.82, 2.24) is 0 Å². The third-order valence-corrected chi connectivity index (χ3v) is 2.03. The van der Waals surface area contributed by atoms with Gasteiger partial charge in [-0.1, -0.05) is 18.2 Å². The maximum absolute atomic E-state index is 12.3. The number of allylic oxidation sites excluding steroid dienone is 2. The van der Waals surface area contributed by atoms with E-state index in [0.29, 0.717) is 0 Å². The van der Waals surface area contributed by atoms with E-state index >= 15 is 0 Å². The van der Waals surface area contributed by atoms with E-state index in [0.717, 1.165) is 6.92 Å². The molecular formula is C12H9F6N. The summed E-state index contributed by atoms with van der Waals surface area (Å²) < 4.78 is 73.6. The summed E-state index contributed by atoms with van der Waals surface area (Å²) in [6.45, 7) is 1.07. The summed E-state index contributed by atoms with van der Waals surface area (Å²) in [6.07, 6.45) is -10.9. The van der Waals surface area contributed by atoms with Crippen LogP contribution in [0.15, 0.2) is 47.0 Å². The molecule has 0 bridgehead atoms. The number of alkyl halides is 6. The van der Waals surface area contributed by atoms with Gasteiger partial charge in [0.2, 0.25) is 0 Å². The average molecular weight is 281 g/mol. The molecule has 0 amide bonds. The van der Waals surface area contributed by atoms with E-state index in [9.17, 15) is 26.3 Å². The third-order valence-electron chi connectivity index (χ3n) is 2.03. The second-order valence-corrected chi connectivity index (χ2v) is 3.64. The summed E-state index contributed by atoms with van der Waals surface area (Å²) in [7, 11) is 0. The number of para-hydroxylation sites is 1. The standard InChI is InChI=1S/C12H9F6N/c1-8(19-9-5-3-2-4-6-9)7-10(11(13,14)15)12(16,17)18/h2-7H,1H3. The van der Waals surface area contributed by atoms with E-state index in [1.165, 1.54) is 12.1 Å². The molecule has 0 fully saturated rings. The Kier molecular flexibility index (Phi) is 4.39. The number of hydrogen-bond acceptors (Lipinski definition) is 1. The maximum Gasteiger partial charge on any atom is 0.421 e. The van der Waals surface area contributed by atoms with Crippen molar-refractivity contribution in [3.8, 4) is 0 Å². The molecular weight excluding hydrogens is 272 g/mol. The number of aliphatic imine (C=N–C) groups is 1. The van der Waals surface area contributed by atoms with E-state index in [1.807, 2.05) is 0 Å². The first-order chi connectivity index (χ1) is 8.60. The van der Waals surface area contributed by atoms with Crippen molar-refractivity contribution in [2.75, 3.05) is 0 Å². The molecule has 1 rings (SSSR count). The van der Waals surface area contributed by atoms with Crippen molar-refractivity contribution in [2.45, 2.75) is 19.3 Å². The molecule has 1 aromatic rings. The van der Waals surface area contributed by atoms with Gasteiger partial charge >= 0.3 is 12.4 Å². The number of nitrogens with zero attached hydrogens (tertiary/aromatic N) is 1. The molecule has 0 spiro atoms. The van der Waals surface area contributed by atoms with Crippen LogP contribution in [-0.4, -0.2) is 18.1 Å². The molecule has 104 valence electrons. The lowest BCUT2D eigenvalue weighted by molar-refractivity contribution is -0.171. The van der Waals surface area contributed by atoms with Gasteiger partial charge in [0.05, 0.1) is 5.69 Å². The number of rotatable bonds is 2. The molecule has 0 aliphatic rings. The van der Waals surface area contributed by atoms with Crippen LogP contribution in [0.4, 0.5) is 32.0 Å².